The van der Waals surface area contributed by atoms with Crippen LogP contribution < -0.4 is 16.2 Å². The first kappa shape index (κ1) is 16.8. The van der Waals surface area contributed by atoms with Crippen molar-refractivity contribution in [3.63, 3.8) is 0 Å². The number of hydrogen-bond donors (Lipinski definition) is 2. The second kappa shape index (κ2) is 5.93. The lowest BCUT2D eigenvalue weighted by molar-refractivity contribution is -0.121. The van der Waals surface area contributed by atoms with Gasteiger partial charge in [-0.25, -0.2) is 9.67 Å². The van der Waals surface area contributed by atoms with Crippen molar-refractivity contribution < 1.29 is 4.79 Å². The third kappa shape index (κ3) is 2.98. The van der Waals surface area contributed by atoms with E-state index in [-0.39, 0.29) is 23.6 Å². The van der Waals surface area contributed by atoms with E-state index in [2.05, 4.69) is 27.6 Å². The molecular weight excluding hydrogens is 330 g/mol. The Labute approximate surface area is 151 Å². The molecule has 0 aliphatic heterocycles. The summed E-state index contributed by atoms with van der Waals surface area (Å²) in [7, 11) is 0. The van der Waals surface area contributed by atoms with Gasteiger partial charge in [-0.1, -0.05) is 6.92 Å². The van der Waals surface area contributed by atoms with Gasteiger partial charge in [-0.15, -0.1) is 0 Å². The van der Waals surface area contributed by atoms with Gasteiger partial charge in [-0.2, -0.15) is 5.10 Å². The Morgan fingerprint density at radius 1 is 1.23 bits per heavy atom. The standard InChI is InChI=1S/C19H23N5O2/c1-3-20-16(25)9-24-17(26)7-5-14(23-24)13-4-6-15(21-8-13)22-19-10-18(2,11-19)12-19/h4-8H,3,9-12H2,1-2H3,(H,20,25)(H,21,22). The minimum absolute atomic E-state index is 0.0884. The monoisotopic (exact) mass is 353 g/mol. The number of carbonyl (C=O) groups excluding carboxylic acids is 1. The molecule has 3 saturated carbocycles. The van der Waals surface area contributed by atoms with Crippen molar-refractivity contribution in [1.82, 2.24) is 20.1 Å². The lowest BCUT2D eigenvalue weighted by Gasteiger charge is -2.69. The quantitative estimate of drug-likeness (QED) is 0.827. The molecule has 7 nitrogen and oxygen atoms in total. The van der Waals surface area contributed by atoms with Gasteiger partial charge in [0.1, 0.15) is 12.4 Å². The average molecular weight is 353 g/mol. The normalized spacial score (nSPS) is 25.8. The molecule has 2 aromatic rings. The van der Waals surface area contributed by atoms with Crippen molar-refractivity contribution in [1.29, 1.82) is 0 Å². The van der Waals surface area contributed by atoms with Crippen molar-refractivity contribution in [3.8, 4) is 11.3 Å². The average Bonchev–Trinajstić information content (AvgIpc) is 2.55. The number of amides is 1. The highest BCUT2D eigenvalue weighted by Crippen LogP contribution is 2.67. The van der Waals surface area contributed by atoms with Crippen LogP contribution in [0.2, 0.25) is 0 Å². The van der Waals surface area contributed by atoms with Crippen LogP contribution in [-0.4, -0.2) is 32.8 Å². The van der Waals surface area contributed by atoms with Gasteiger partial charge in [0.2, 0.25) is 5.91 Å². The summed E-state index contributed by atoms with van der Waals surface area (Å²) in [5, 5.41) is 10.5. The number of nitrogens with one attached hydrogen (secondary N) is 2. The summed E-state index contributed by atoms with van der Waals surface area (Å²) in [6.45, 7) is 4.59. The van der Waals surface area contributed by atoms with Gasteiger partial charge in [0.15, 0.2) is 0 Å². The summed E-state index contributed by atoms with van der Waals surface area (Å²) >= 11 is 0. The van der Waals surface area contributed by atoms with Crippen molar-refractivity contribution in [3.05, 3.63) is 40.8 Å². The number of nitrogens with zero attached hydrogens (tertiary/aromatic N) is 3. The molecule has 0 unspecified atom stereocenters. The number of hydrogen-bond acceptors (Lipinski definition) is 5. The van der Waals surface area contributed by atoms with Crippen LogP contribution in [0.1, 0.15) is 33.1 Å². The van der Waals surface area contributed by atoms with E-state index < -0.39 is 0 Å². The molecule has 5 rings (SSSR count). The van der Waals surface area contributed by atoms with E-state index in [0.717, 1.165) is 11.4 Å². The van der Waals surface area contributed by atoms with E-state index in [1.807, 2.05) is 19.1 Å². The zero-order valence-corrected chi connectivity index (χ0v) is 15.1. The molecule has 3 fully saturated rings. The summed E-state index contributed by atoms with van der Waals surface area (Å²) in [6, 6.07) is 6.96. The molecule has 0 radical (unpaired) electrons. The molecule has 2 bridgehead atoms. The molecule has 2 heterocycles. The Hall–Kier alpha value is -2.70. The molecule has 26 heavy (non-hydrogen) atoms. The highest BCUT2D eigenvalue weighted by molar-refractivity contribution is 5.75. The maximum absolute atomic E-state index is 11.9. The van der Waals surface area contributed by atoms with Crippen LogP contribution in [-0.2, 0) is 11.3 Å². The van der Waals surface area contributed by atoms with Crippen molar-refractivity contribution in [2.45, 2.75) is 45.2 Å². The summed E-state index contributed by atoms with van der Waals surface area (Å²) in [5.41, 5.74) is 1.93. The van der Waals surface area contributed by atoms with Gasteiger partial charge in [0.05, 0.1) is 5.69 Å². The minimum Gasteiger partial charge on any atom is -0.365 e. The molecule has 0 spiro atoms. The summed E-state index contributed by atoms with van der Waals surface area (Å²) in [4.78, 5) is 28.1. The third-order valence-electron chi connectivity index (χ3n) is 5.28. The number of likely N-dealkylation sites (N-methyl/N-ethyl adjacent to an activating group) is 1. The van der Waals surface area contributed by atoms with E-state index in [4.69, 9.17) is 0 Å². The fourth-order valence-corrected chi connectivity index (χ4v) is 4.42. The van der Waals surface area contributed by atoms with Gasteiger partial charge >= 0.3 is 0 Å². The molecule has 0 atom stereocenters. The number of carbonyl (C=O) groups is 1. The number of aromatic nitrogens is 3. The SMILES string of the molecule is CCNC(=O)Cn1nc(-c2ccc(NC34CC(C)(C3)C4)nc2)ccc1=O. The Morgan fingerprint density at radius 3 is 2.62 bits per heavy atom. The second-order valence-corrected chi connectivity index (χ2v) is 7.85. The first-order valence-electron chi connectivity index (χ1n) is 9.00. The Balaban J connectivity index is 1.48. The first-order chi connectivity index (χ1) is 12.4. The topological polar surface area (TPSA) is 88.9 Å². The smallest absolute Gasteiger partial charge is 0.267 e. The van der Waals surface area contributed by atoms with E-state index >= 15 is 0 Å². The highest BCUT2D eigenvalue weighted by Gasteiger charge is 2.65. The predicted octanol–water partition coefficient (Wildman–Crippen LogP) is 1.80. The molecule has 0 saturated heterocycles. The van der Waals surface area contributed by atoms with Crippen molar-refractivity contribution in [2.24, 2.45) is 5.41 Å². The largest absolute Gasteiger partial charge is 0.365 e. The van der Waals surface area contributed by atoms with Gasteiger partial charge in [-0.3, -0.25) is 9.59 Å². The molecule has 2 N–H and O–H groups in total. The van der Waals surface area contributed by atoms with E-state index in [1.165, 1.54) is 30.0 Å². The van der Waals surface area contributed by atoms with Crippen molar-refractivity contribution in [2.75, 3.05) is 11.9 Å². The Bertz CT molecular complexity index is 883. The highest BCUT2D eigenvalue weighted by atomic mass is 16.2. The van der Waals surface area contributed by atoms with Crippen LogP contribution in [0.5, 0.6) is 0 Å². The van der Waals surface area contributed by atoms with Crippen LogP contribution in [0, 0.1) is 5.41 Å². The predicted molar refractivity (Wildman–Crippen MR) is 98.7 cm³/mol. The first-order valence-corrected chi connectivity index (χ1v) is 9.00. The molecule has 7 heteroatoms. The molecule has 0 aromatic carbocycles. The minimum atomic E-state index is -0.302. The molecule has 1 amide bonds. The lowest BCUT2D eigenvalue weighted by atomic mass is 9.40. The van der Waals surface area contributed by atoms with Gasteiger partial charge in [0, 0.05) is 29.9 Å². The van der Waals surface area contributed by atoms with Crippen LogP contribution >= 0.6 is 0 Å². The van der Waals surface area contributed by atoms with Crippen molar-refractivity contribution >= 4 is 11.7 Å². The van der Waals surface area contributed by atoms with Crippen LogP contribution in [0.25, 0.3) is 11.3 Å². The lowest BCUT2D eigenvalue weighted by Crippen LogP contribution is -2.69. The molecule has 3 aliphatic carbocycles. The fourth-order valence-electron chi connectivity index (χ4n) is 4.42. The number of rotatable bonds is 6. The Kier molecular flexibility index (Phi) is 3.82. The summed E-state index contributed by atoms with van der Waals surface area (Å²) in [6.07, 6.45) is 5.40. The molecule has 2 aromatic heterocycles. The zero-order chi connectivity index (χ0) is 18.4. The van der Waals surface area contributed by atoms with Gasteiger partial charge < -0.3 is 10.6 Å². The second-order valence-electron chi connectivity index (χ2n) is 7.85. The summed E-state index contributed by atoms with van der Waals surface area (Å²) < 4.78 is 1.18. The van der Waals surface area contributed by atoms with Crippen LogP contribution in [0.15, 0.2) is 35.3 Å². The maximum Gasteiger partial charge on any atom is 0.267 e. The third-order valence-corrected chi connectivity index (χ3v) is 5.28. The zero-order valence-electron chi connectivity index (χ0n) is 15.1. The van der Waals surface area contributed by atoms with Crippen LogP contribution in [0.4, 0.5) is 5.82 Å². The Morgan fingerprint density at radius 2 is 2.00 bits per heavy atom. The number of pyridine rings is 1. The van der Waals surface area contributed by atoms with E-state index in [0.29, 0.717) is 17.7 Å². The van der Waals surface area contributed by atoms with Gasteiger partial charge in [0.25, 0.3) is 5.56 Å². The maximum atomic E-state index is 11.9. The van der Waals surface area contributed by atoms with Crippen LogP contribution in [0.3, 0.4) is 0 Å². The fraction of sp³-hybridized carbons (Fsp3) is 0.474. The van der Waals surface area contributed by atoms with Gasteiger partial charge in [-0.05, 0) is 49.8 Å². The van der Waals surface area contributed by atoms with E-state index in [9.17, 15) is 9.59 Å². The molecule has 3 aliphatic rings. The summed E-state index contributed by atoms with van der Waals surface area (Å²) in [5.74, 6) is 0.635. The van der Waals surface area contributed by atoms with E-state index in [1.54, 1.807) is 12.3 Å². The molecule has 136 valence electrons. The molecular formula is C19H23N5O2. The number of anilines is 1.